The van der Waals surface area contributed by atoms with Gasteiger partial charge in [-0.05, 0) is 41.3 Å². The molecular formula is C16H17IN2OS. The van der Waals surface area contributed by atoms with Crippen LogP contribution in [0, 0.1) is 2.88 Å². The number of rotatable bonds is 2. The SMILES string of the molecule is CN1CCN(C(=O)c2csc(I)c2)C(c2ccccc2)C1. The molecule has 1 amide bonds. The van der Waals surface area contributed by atoms with E-state index in [0.717, 1.165) is 28.1 Å². The summed E-state index contributed by atoms with van der Waals surface area (Å²) in [7, 11) is 2.12. The second-order valence-corrected chi connectivity index (χ2v) is 8.13. The van der Waals surface area contributed by atoms with Crippen LogP contribution < -0.4 is 0 Å². The van der Waals surface area contributed by atoms with E-state index < -0.39 is 0 Å². The summed E-state index contributed by atoms with van der Waals surface area (Å²) in [6.07, 6.45) is 0. The average molecular weight is 412 g/mol. The molecule has 2 aromatic rings. The Balaban J connectivity index is 1.89. The fourth-order valence-electron chi connectivity index (χ4n) is 2.71. The maximum absolute atomic E-state index is 12.8. The van der Waals surface area contributed by atoms with Gasteiger partial charge in [-0.1, -0.05) is 30.3 Å². The molecule has 3 nitrogen and oxygen atoms in total. The minimum absolute atomic E-state index is 0.134. The number of amides is 1. The number of thiophene rings is 1. The molecule has 0 radical (unpaired) electrons. The third kappa shape index (κ3) is 3.30. The van der Waals surface area contributed by atoms with E-state index in [1.165, 1.54) is 5.56 Å². The first kappa shape index (κ1) is 15.0. The largest absolute Gasteiger partial charge is 0.329 e. The normalized spacial score (nSPS) is 19.7. The van der Waals surface area contributed by atoms with Crippen LogP contribution in [0.15, 0.2) is 41.8 Å². The van der Waals surface area contributed by atoms with E-state index in [1.54, 1.807) is 11.3 Å². The monoisotopic (exact) mass is 412 g/mol. The number of likely N-dealkylation sites (N-methyl/N-ethyl adjacent to an activating group) is 1. The fourth-order valence-corrected chi connectivity index (χ4v) is 4.03. The topological polar surface area (TPSA) is 23.6 Å². The zero-order valence-electron chi connectivity index (χ0n) is 11.8. The third-order valence-electron chi connectivity index (χ3n) is 3.84. The van der Waals surface area contributed by atoms with Crippen molar-refractivity contribution in [3.8, 4) is 0 Å². The molecule has 0 saturated carbocycles. The summed E-state index contributed by atoms with van der Waals surface area (Å²) >= 11 is 3.89. The Labute approximate surface area is 142 Å². The van der Waals surface area contributed by atoms with Crippen molar-refractivity contribution in [1.29, 1.82) is 0 Å². The molecule has 21 heavy (non-hydrogen) atoms. The number of carbonyl (C=O) groups excluding carboxylic acids is 1. The average Bonchev–Trinajstić information content (AvgIpc) is 2.94. The van der Waals surface area contributed by atoms with E-state index >= 15 is 0 Å². The van der Waals surface area contributed by atoms with Crippen molar-refractivity contribution in [3.63, 3.8) is 0 Å². The van der Waals surface area contributed by atoms with Crippen LogP contribution in [-0.4, -0.2) is 42.4 Å². The zero-order chi connectivity index (χ0) is 14.8. The molecule has 1 aliphatic rings. The Morgan fingerprint density at radius 3 is 2.71 bits per heavy atom. The van der Waals surface area contributed by atoms with Gasteiger partial charge in [0.25, 0.3) is 5.91 Å². The first-order valence-electron chi connectivity index (χ1n) is 6.93. The zero-order valence-corrected chi connectivity index (χ0v) is 14.8. The fraction of sp³-hybridized carbons (Fsp3) is 0.312. The number of piperazine rings is 1. The Bertz CT molecular complexity index is 628. The van der Waals surface area contributed by atoms with E-state index in [4.69, 9.17) is 0 Å². The van der Waals surface area contributed by atoms with Gasteiger partial charge in [-0.25, -0.2) is 0 Å². The Kier molecular flexibility index (Phi) is 4.61. The van der Waals surface area contributed by atoms with Gasteiger partial charge >= 0.3 is 0 Å². The molecule has 2 heterocycles. The van der Waals surface area contributed by atoms with E-state index in [9.17, 15) is 4.79 Å². The van der Waals surface area contributed by atoms with E-state index in [0.29, 0.717) is 0 Å². The van der Waals surface area contributed by atoms with Crippen molar-refractivity contribution < 1.29 is 4.79 Å². The second-order valence-electron chi connectivity index (χ2n) is 5.33. The predicted molar refractivity (Wildman–Crippen MR) is 94.8 cm³/mol. The number of benzene rings is 1. The van der Waals surface area contributed by atoms with Crippen LogP contribution in [-0.2, 0) is 0 Å². The van der Waals surface area contributed by atoms with Crippen LogP contribution in [0.2, 0.25) is 0 Å². The van der Waals surface area contributed by atoms with Crippen molar-refractivity contribution in [2.24, 2.45) is 0 Å². The first-order chi connectivity index (χ1) is 10.1. The number of hydrogen-bond acceptors (Lipinski definition) is 3. The highest BCUT2D eigenvalue weighted by atomic mass is 127. The summed E-state index contributed by atoms with van der Waals surface area (Å²) in [5.74, 6) is 0.149. The number of halogens is 1. The smallest absolute Gasteiger partial charge is 0.255 e. The lowest BCUT2D eigenvalue weighted by molar-refractivity contribution is 0.0498. The Morgan fingerprint density at radius 1 is 1.29 bits per heavy atom. The molecular weight excluding hydrogens is 395 g/mol. The molecule has 1 atom stereocenters. The van der Waals surface area contributed by atoms with Gasteiger partial charge in [0, 0.05) is 25.0 Å². The molecule has 1 aliphatic heterocycles. The van der Waals surface area contributed by atoms with Gasteiger partial charge < -0.3 is 9.80 Å². The number of carbonyl (C=O) groups is 1. The molecule has 1 aromatic carbocycles. The minimum Gasteiger partial charge on any atom is -0.329 e. The Morgan fingerprint density at radius 2 is 2.05 bits per heavy atom. The van der Waals surface area contributed by atoms with Crippen molar-refractivity contribution >= 4 is 39.8 Å². The standard InChI is InChI=1S/C16H17IN2OS/c1-18-7-8-19(16(20)13-9-15(17)21-11-13)14(10-18)12-5-3-2-4-6-12/h2-6,9,11,14H,7-8,10H2,1H3. The lowest BCUT2D eigenvalue weighted by Crippen LogP contribution is -2.49. The van der Waals surface area contributed by atoms with Crippen molar-refractivity contribution in [2.75, 3.05) is 26.7 Å². The summed E-state index contributed by atoms with van der Waals surface area (Å²) in [6.45, 7) is 2.59. The molecule has 1 saturated heterocycles. The van der Waals surface area contributed by atoms with Crippen molar-refractivity contribution in [1.82, 2.24) is 9.80 Å². The van der Waals surface area contributed by atoms with Crippen LogP contribution in [0.4, 0.5) is 0 Å². The summed E-state index contributed by atoms with van der Waals surface area (Å²) in [4.78, 5) is 17.1. The third-order valence-corrected chi connectivity index (χ3v) is 5.63. The van der Waals surface area contributed by atoms with E-state index in [-0.39, 0.29) is 11.9 Å². The van der Waals surface area contributed by atoms with Crippen LogP contribution in [0.5, 0.6) is 0 Å². The minimum atomic E-state index is 0.134. The maximum atomic E-state index is 12.8. The van der Waals surface area contributed by atoms with Gasteiger partial charge in [-0.15, -0.1) is 11.3 Å². The molecule has 1 aromatic heterocycles. The highest BCUT2D eigenvalue weighted by molar-refractivity contribution is 14.1. The summed E-state index contributed by atoms with van der Waals surface area (Å²) in [5.41, 5.74) is 2.03. The van der Waals surface area contributed by atoms with Gasteiger partial charge in [-0.3, -0.25) is 4.79 Å². The maximum Gasteiger partial charge on any atom is 0.255 e. The van der Waals surface area contributed by atoms with E-state index in [2.05, 4.69) is 46.7 Å². The molecule has 3 rings (SSSR count). The summed E-state index contributed by atoms with van der Waals surface area (Å²) in [5, 5.41) is 1.96. The lowest BCUT2D eigenvalue weighted by atomic mass is 10.0. The van der Waals surface area contributed by atoms with Crippen molar-refractivity contribution in [2.45, 2.75) is 6.04 Å². The lowest BCUT2D eigenvalue weighted by Gasteiger charge is -2.40. The quantitative estimate of drug-likeness (QED) is 0.706. The summed E-state index contributed by atoms with van der Waals surface area (Å²) in [6, 6.07) is 12.4. The molecule has 0 spiro atoms. The molecule has 1 fully saturated rings. The number of hydrogen-bond donors (Lipinski definition) is 0. The molecule has 1 unspecified atom stereocenters. The van der Waals surface area contributed by atoms with Gasteiger partial charge in [0.15, 0.2) is 0 Å². The Hall–Kier alpha value is -0.920. The van der Waals surface area contributed by atoms with Crippen LogP contribution in [0.3, 0.4) is 0 Å². The number of nitrogens with zero attached hydrogens (tertiary/aromatic N) is 2. The van der Waals surface area contributed by atoms with Gasteiger partial charge in [0.05, 0.1) is 14.5 Å². The van der Waals surface area contributed by atoms with Gasteiger partial charge in [-0.2, -0.15) is 0 Å². The molecule has 0 bridgehead atoms. The molecule has 0 aliphatic carbocycles. The van der Waals surface area contributed by atoms with E-state index in [1.807, 2.05) is 34.5 Å². The molecule has 5 heteroatoms. The van der Waals surface area contributed by atoms with Crippen molar-refractivity contribution in [3.05, 3.63) is 55.8 Å². The van der Waals surface area contributed by atoms with Crippen LogP contribution in [0.25, 0.3) is 0 Å². The summed E-state index contributed by atoms with van der Waals surface area (Å²) < 4.78 is 1.15. The predicted octanol–water partition coefficient (Wildman–Crippen LogP) is 3.48. The highest BCUT2D eigenvalue weighted by Crippen LogP contribution is 2.28. The molecule has 0 N–H and O–H groups in total. The highest BCUT2D eigenvalue weighted by Gasteiger charge is 2.31. The molecule has 110 valence electrons. The second kappa shape index (κ2) is 6.46. The van der Waals surface area contributed by atoms with Gasteiger partial charge in [0.1, 0.15) is 0 Å². The van der Waals surface area contributed by atoms with Gasteiger partial charge in [0.2, 0.25) is 0 Å². The van der Waals surface area contributed by atoms with Crippen LogP contribution in [0.1, 0.15) is 22.0 Å². The van der Waals surface area contributed by atoms with Crippen LogP contribution >= 0.6 is 33.9 Å². The first-order valence-corrected chi connectivity index (χ1v) is 8.89.